The number of anilines is 2. The molecule has 1 atom stereocenters. The van der Waals surface area contributed by atoms with Gasteiger partial charge in [0.2, 0.25) is 0 Å². The molecule has 2 heterocycles. The summed E-state index contributed by atoms with van der Waals surface area (Å²) >= 11 is 0. The van der Waals surface area contributed by atoms with Gasteiger partial charge in [0.25, 0.3) is 11.8 Å². The van der Waals surface area contributed by atoms with Crippen LogP contribution in [0.15, 0.2) is 97.3 Å². The van der Waals surface area contributed by atoms with Gasteiger partial charge in [0.15, 0.2) is 0 Å². The van der Waals surface area contributed by atoms with E-state index < -0.39 is 24.0 Å². The minimum Gasteiger partial charge on any atom is -0.481 e. The van der Waals surface area contributed by atoms with Crippen molar-refractivity contribution in [2.45, 2.75) is 19.1 Å². The van der Waals surface area contributed by atoms with Crippen LogP contribution in [0.2, 0.25) is 0 Å². The number of hydrogen-bond acceptors (Lipinski definition) is 8. The normalized spacial score (nSPS) is 13.2. The fourth-order valence-corrected chi connectivity index (χ4v) is 5.19. The summed E-state index contributed by atoms with van der Waals surface area (Å²) in [6, 6.07) is 25.1. The van der Waals surface area contributed by atoms with Gasteiger partial charge in [-0.1, -0.05) is 36.4 Å². The lowest BCUT2D eigenvalue weighted by atomic mass is 10.0. The number of benzene rings is 3. The molecule has 0 radical (unpaired) electrons. The van der Waals surface area contributed by atoms with Gasteiger partial charge in [-0.2, -0.15) is 5.26 Å². The summed E-state index contributed by atoms with van der Waals surface area (Å²) in [7, 11) is 0. The summed E-state index contributed by atoms with van der Waals surface area (Å²) in [5, 5.41) is 24.0. The van der Waals surface area contributed by atoms with Gasteiger partial charge < -0.3 is 25.0 Å². The average Bonchev–Trinajstić information content (AvgIpc) is 3.11. The molecule has 1 fully saturated rings. The molecule has 0 saturated carbocycles. The molecule has 12 nitrogen and oxygen atoms in total. The highest BCUT2D eigenvalue weighted by atomic mass is 16.5. The summed E-state index contributed by atoms with van der Waals surface area (Å²) in [6.45, 7) is 1.74. The molecule has 1 aliphatic heterocycles. The lowest BCUT2D eigenvalue weighted by Crippen LogP contribution is -2.49. The van der Waals surface area contributed by atoms with Crippen LogP contribution in [0.3, 0.4) is 0 Å². The number of pyridine rings is 1. The van der Waals surface area contributed by atoms with Crippen molar-refractivity contribution in [1.29, 1.82) is 5.26 Å². The Morgan fingerprint density at radius 1 is 0.915 bits per heavy atom. The number of rotatable bonds is 10. The summed E-state index contributed by atoms with van der Waals surface area (Å²) in [6.07, 6.45) is 1.98. The van der Waals surface area contributed by atoms with E-state index in [0.29, 0.717) is 54.2 Å². The topological polar surface area (TPSA) is 165 Å². The van der Waals surface area contributed by atoms with Crippen LogP contribution < -0.4 is 15.5 Å². The monoisotopic (exact) mass is 632 g/mol. The zero-order chi connectivity index (χ0) is 33.2. The predicted molar refractivity (Wildman–Crippen MR) is 173 cm³/mol. The standard InChI is InChI=1S/C35H32N6O6/c36-21-24-8-10-26(11-9-24)34(45)41-17-15-40(16-18-41)31-13-12-27(19-30(31)39-35(46)47-23-25-5-2-1-3-6-25)33(44)38-29(20-32(42)43)28-7-4-14-37-22-28/h1-14,19,22,29H,15-18,20,23H2,(H,38,44)(H,39,46)(H,42,43). The number of carboxylic acid groups (broad SMARTS) is 1. The molecule has 1 aliphatic rings. The van der Waals surface area contributed by atoms with Crippen molar-refractivity contribution in [2.75, 3.05) is 36.4 Å². The van der Waals surface area contributed by atoms with E-state index in [1.54, 1.807) is 59.6 Å². The molecule has 3 N–H and O–H groups in total. The van der Waals surface area contributed by atoms with Crippen LogP contribution in [0.4, 0.5) is 16.2 Å². The summed E-state index contributed by atoms with van der Waals surface area (Å²) in [5.74, 6) is -1.77. The van der Waals surface area contributed by atoms with Gasteiger partial charge in [-0.15, -0.1) is 0 Å². The number of carbonyl (C=O) groups is 4. The third-order valence-electron chi connectivity index (χ3n) is 7.65. The quantitative estimate of drug-likeness (QED) is 0.226. The summed E-state index contributed by atoms with van der Waals surface area (Å²) < 4.78 is 5.44. The van der Waals surface area contributed by atoms with E-state index in [1.807, 2.05) is 41.3 Å². The number of nitrogens with one attached hydrogen (secondary N) is 2. The Morgan fingerprint density at radius 2 is 1.64 bits per heavy atom. The number of carbonyl (C=O) groups excluding carboxylic acids is 3. The molecule has 5 rings (SSSR count). The molecular formula is C35H32N6O6. The van der Waals surface area contributed by atoms with Crippen LogP contribution in [0, 0.1) is 11.3 Å². The van der Waals surface area contributed by atoms with Gasteiger partial charge >= 0.3 is 12.1 Å². The maximum absolute atomic E-state index is 13.4. The molecule has 4 aromatic rings. The van der Waals surface area contributed by atoms with Crippen molar-refractivity contribution in [3.8, 4) is 6.07 Å². The first-order chi connectivity index (χ1) is 22.8. The molecular weight excluding hydrogens is 600 g/mol. The van der Waals surface area contributed by atoms with E-state index in [9.17, 15) is 24.3 Å². The molecule has 3 amide bonds. The summed E-state index contributed by atoms with van der Waals surface area (Å²) in [4.78, 5) is 58.7. The average molecular weight is 633 g/mol. The Hall–Kier alpha value is -6.22. The highest BCUT2D eigenvalue weighted by molar-refractivity contribution is 5.99. The van der Waals surface area contributed by atoms with E-state index in [-0.39, 0.29) is 24.5 Å². The molecule has 3 aromatic carbocycles. The lowest BCUT2D eigenvalue weighted by Gasteiger charge is -2.37. The summed E-state index contributed by atoms with van der Waals surface area (Å²) in [5.41, 5.74) is 3.44. The highest BCUT2D eigenvalue weighted by Crippen LogP contribution is 2.30. The maximum atomic E-state index is 13.4. The Bertz CT molecular complexity index is 1770. The Balaban J connectivity index is 1.34. The van der Waals surface area contributed by atoms with Gasteiger partial charge in [-0.05, 0) is 59.7 Å². The van der Waals surface area contributed by atoms with Gasteiger partial charge in [0, 0.05) is 49.7 Å². The number of ether oxygens (including phenoxy) is 1. The lowest BCUT2D eigenvalue weighted by molar-refractivity contribution is -0.137. The zero-order valence-corrected chi connectivity index (χ0v) is 25.3. The molecule has 238 valence electrons. The third-order valence-corrected chi connectivity index (χ3v) is 7.65. The van der Waals surface area contributed by atoms with E-state index in [1.165, 1.54) is 12.3 Å². The van der Waals surface area contributed by atoms with Gasteiger partial charge in [0.1, 0.15) is 6.61 Å². The number of amides is 3. The first-order valence-corrected chi connectivity index (χ1v) is 14.9. The van der Waals surface area contributed by atoms with Crippen LogP contribution in [0.25, 0.3) is 0 Å². The first kappa shape index (κ1) is 32.2. The number of carboxylic acids is 1. The third kappa shape index (κ3) is 8.49. The number of nitriles is 1. The van der Waals surface area contributed by atoms with E-state index >= 15 is 0 Å². The molecule has 12 heteroatoms. The molecule has 1 aromatic heterocycles. The Labute approximate surface area is 271 Å². The van der Waals surface area contributed by atoms with E-state index in [2.05, 4.69) is 15.6 Å². The number of piperazine rings is 1. The van der Waals surface area contributed by atoms with Gasteiger partial charge in [-0.25, -0.2) is 4.79 Å². The van der Waals surface area contributed by atoms with Crippen LogP contribution >= 0.6 is 0 Å². The first-order valence-electron chi connectivity index (χ1n) is 14.9. The fourth-order valence-electron chi connectivity index (χ4n) is 5.19. The van der Waals surface area contributed by atoms with Crippen molar-refractivity contribution >= 4 is 35.3 Å². The fraction of sp³-hybridized carbons (Fsp3) is 0.200. The van der Waals surface area contributed by atoms with E-state index in [4.69, 9.17) is 10.00 Å². The van der Waals surface area contributed by atoms with Crippen molar-refractivity contribution in [3.63, 3.8) is 0 Å². The second-order valence-electron chi connectivity index (χ2n) is 10.8. The largest absolute Gasteiger partial charge is 0.481 e. The molecule has 0 spiro atoms. The van der Waals surface area contributed by atoms with Crippen molar-refractivity contribution < 1.29 is 29.0 Å². The number of hydrogen-bond donors (Lipinski definition) is 3. The van der Waals surface area contributed by atoms with Crippen molar-refractivity contribution in [2.24, 2.45) is 0 Å². The molecule has 47 heavy (non-hydrogen) atoms. The van der Waals surface area contributed by atoms with Crippen LogP contribution in [0.1, 0.15) is 49.9 Å². The minimum atomic E-state index is -1.09. The smallest absolute Gasteiger partial charge is 0.412 e. The highest BCUT2D eigenvalue weighted by Gasteiger charge is 2.26. The Morgan fingerprint density at radius 3 is 2.30 bits per heavy atom. The number of aromatic nitrogens is 1. The molecule has 0 aliphatic carbocycles. The zero-order valence-electron chi connectivity index (χ0n) is 25.3. The van der Waals surface area contributed by atoms with Crippen LogP contribution in [0.5, 0.6) is 0 Å². The van der Waals surface area contributed by atoms with Crippen molar-refractivity contribution in [3.05, 3.63) is 125 Å². The molecule has 1 unspecified atom stereocenters. The van der Waals surface area contributed by atoms with Gasteiger partial charge in [-0.3, -0.25) is 24.7 Å². The van der Waals surface area contributed by atoms with E-state index in [0.717, 1.165) is 5.56 Å². The van der Waals surface area contributed by atoms with Crippen molar-refractivity contribution in [1.82, 2.24) is 15.2 Å². The van der Waals surface area contributed by atoms with Crippen LogP contribution in [-0.2, 0) is 16.1 Å². The number of nitrogens with zero attached hydrogens (tertiary/aromatic N) is 4. The SMILES string of the molecule is N#Cc1ccc(C(=O)N2CCN(c3ccc(C(=O)NC(CC(=O)O)c4cccnc4)cc3NC(=O)OCc3ccccc3)CC2)cc1. The van der Waals surface area contributed by atoms with Gasteiger partial charge in [0.05, 0.1) is 35.5 Å². The predicted octanol–water partition coefficient (Wildman–Crippen LogP) is 4.61. The number of aliphatic carboxylic acids is 1. The molecule has 0 bridgehead atoms. The second-order valence-corrected chi connectivity index (χ2v) is 10.8. The maximum Gasteiger partial charge on any atom is 0.412 e. The minimum absolute atomic E-state index is 0.0420. The Kier molecular flexibility index (Phi) is 10.4. The second kappa shape index (κ2) is 15.2. The molecule has 1 saturated heterocycles. The van der Waals surface area contributed by atoms with Crippen LogP contribution in [-0.4, -0.2) is 65.0 Å².